The summed E-state index contributed by atoms with van der Waals surface area (Å²) >= 11 is 9.32. The zero-order valence-electron chi connectivity index (χ0n) is 10.4. The Bertz CT molecular complexity index is 463. The van der Waals surface area contributed by atoms with Crippen LogP contribution in [0, 0.1) is 0 Å². The summed E-state index contributed by atoms with van der Waals surface area (Å²) in [5, 5.41) is 0.758. The second-order valence-electron chi connectivity index (χ2n) is 4.52. The molecule has 0 radical (unpaired) electrons. The van der Waals surface area contributed by atoms with E-state index >= 15 is 0 Å². The van der Waals surface area contributed by atoms with Gasteiger partial charge < -0.3 is 0 Å². The molecule has 100 valence electrons. The van der Waals surface area contributed by atoms with Crippen LogP contribution in [-0.2, 0) is 12.8 Å². The van der Waals surface area contributed by atoms with Gasteiger partial charge in [-0.1, -0.05) is 51.8 Å². The van der Waals surface area contributed by atoms with E-state index in [1.165, 1.54) is 11.1 Å². The van der Waals surface area contributed by atoms with Crippen LogP contribution in [0.5, 0.6) is 0 Å². The van der Waals surface area contributed by atoms with Crippen molar-refractivity contribution in [3.63, 3.8) is 0 Å². The first-order chi connectivity index (χ1) is 9.17. The molecule has 0 fully saturated rings. The summed E-state index contributed by atoms with van der Waals surface area (Å²) in [5.74, 6) is 5.64. The van der Waals surface area contributed by atoms with Crippen molar-refractivity contribution in [3.05, 3.63) is 69.2 Å². The van der Waals surface area contributed by atoms with Gasteiger partial charge in [0.25, 0.3) is 0 Å². The molecule has 3 N–H and O–H groups in total. The van der Waals surface area contributed by atoms with Crippen LogP contribution >= 0.6 is 27.5 Å². The number of nitrogens with one attached hydrogen (secondary N) is 1. The zero-order valence-corrected chi connectivity index (χ0v) is 12.8. The molecule has 0 aliphatic carbocycles. The van der Waals surface area contributed by atoms with Crippen molar-refractivity contribution in [3.8, 4) is 0 Å². The van der Waals surface area contributed by atoms with Gasteiger partial charge in [-0.25, -0.2) is 0 Å². The first kappa shape index (κ1) is 14.5. The van der Waals surface area contributed by atoms with E-state index in [0.717, 1.165) is 22.3 Å². The predicted octanol–water partition coefficient (Wildman–Crippen LogP) is 3.72. The molecule has 19 heavy (non-hydrogen) atoms. The summed E-state index contributed by atoms with van der Waals surface area (Å²) in [6, 6.07) is 16.4. The predicted molar refractivity (Wildman–Crippen MR) is 84.1 cm³/mol. The Morgan fingerprint density at radius 3 is 1.89 bits per heavy atom. The highest BCUT2D eigenvalue weighted by atomic mass is 79.9. The number of rotatable bonds is 5. The van der Waals surface area contributed by atoms with E-state index in [9.17, 15) is 0 Å². The Morgan fingerprint density at radius 1 is 0.947 bits per heavy atom. The largest absolute Gasteiger partial charge is 0.271 e. The van der Waals surface area contributed by atoms with Crippen LogP contribution in [0.15, 0.2) is 53.0 Å². The Hall–Kier alpha value is -0.870. The van der Waals surface area contributed by atoms with Gasteiger partial charge in [0.2, 0.25) is 0 Å². The van der Waals surface area contributed by atoms with E-state index < -0.39 is 0 Å². The minimum atomic E-state index is 0.211. The maximum Gasteiger partial charge on any atom is 0.0406 e. The summed E-state index contributed by atoms with van der Waals surface area (Å²) in [6.45, 7) is 0. The molecule has 0 aliphatic heterocycles. The molecule has 0 bridgehead atoms. The summed E-state index contributed by atoms with van der Waals surface area (Å²) in [4.78, 5) is 0. The third kappa shape index (κ3) is 4.62. The van der Waals surface area contributed by atoms with E-state index in [0.29, 0.717) is 0 Å². The number of halogens is 2. The van der Waals surface area contributed by atoms with Gasteiger partial charge in [-0.05, 0) is 48.2 Å². The molecule has 1 unspecified atom stereocenters. The third-order valence-electron chi connectivity index (χ3n) is 3.03. The van der Waals surface area contributed by atoms with E-state index in [2.05, 4.69) is 33.5 Å². The molecule has 0 amide bonds. The molecule has 2 aromatic carbocycles. The molecule has 0 saturated carbocycles. The van der Waals surface area contributed by atoms with Crippen LogP contribution in [0.4, 0.5) is 0 Å². The van der Waals surface area contributed by atoms with Crippen molar-refractivity contribution in [2.75, 3.05) is 0 Å². The Kier molecular flexibility index (Phi) is 5.40. The van der Waals surface area contributed by atoms with Gasteiger partial charge in [0.05, 0.1) is 0 Å². The highest BCUT2D eigenvalue weighted by Gasteiger charge is 2.09. The highest BCUT2D eigenvalue weighted by Crippen LogP contribution is 2.15. The van der Waals surface area contributed by atoms with Gasteiger partial charge in [-0.2, -0.15) is 0 Å². The molecule has 0 spiro atoms. The van der Waals surface area contributed by atoms with Crippen LogP contribution in [-0.4, -0.2) is 6.04 Å². The van der Waals surface area contributed by atoms with E-state index in [4.69, 9.17) is 17.4 Å². The summed E-state index contributed by atoms with van der Waals surface area (Å²) in [7, 11) is 0. The summed E-state index contributed by atoms with van der Waals surface area (Å²) in [6.07, 6.45) is 1.77. The molecule has 2 rings (SSSR count). The lowest BCUT2D eigenvalue weighted by Gasteiger charge is -2.16. The molecule has 4 heteroatoms. The van der Waals surface area contributed by atoms with E-state index in [1.807, 2.05) is 36.4 Å². The first-order valence-corrected chi connectivity index (χ1v) is 7.29. The standard InChI is InChI=1S/C15H16BrClN2/c16-13-5-1-11(2-6-13)9-15(19-18)10-12-3-7-14(17)8-4-12/h1-8,15,19H,9-10,18H2. The van der Waals surface area contributed by atoms with Crippen LogP contribution in [0.2, 0.25) is 5.02 Å². The van der Waals surface area contributed by atoms with Gasteiger partial charge in [-0.15, -0.1) is 0 Å². The van der Waals surface area contributed by atoms with Crippen molar-refractivity contribution < 1.29 is 0 Å². The lowest BCUT2D eigenvalue weighted by molar-refractivity contribution is 0.522. The van der Waals surface area contributed by atoms with Crippen LogP contribution in [0.25, 0.3) is 0 Å². The number of benzene rings is 2. The Balaban J connectivity index is 2.00. The number of hydrogen-bond donors (Lipinski definition) is 2. The Labute approximate surface area is 127 Å². The minimum absolute atomic E-state index is 0.211. The second kappa shape index (κ2) is 7.06. The molecular weight excluding hydrogens is 324 g/mol. The average Bonchev–Trinajstić information content (AvgIpc) is 2.43. The average molecular weight is 340 g/mol. The maximum absolute atomic E-state index is 5.88. The normalized spacial score (nSPS) is 12.4. The molecule has 0 saturated heterocycles. The summed E-state index contributed by atoms with van der Waals surface area (Å²) < 4.78 is 1.09. The summed E-state index contributed by atoms with van der Waals surface area (Å²) in [5.41, 5.74) is 5.37. The molecule has 2 aromatic rings. The van der Waals surface area contributed by atoms with Gasteiger partial charge in [0, 0.05) is 15.5 Å². The van der Waals surface area contributed by atoms with Crippen LogP contribution in [0.1, 0.15) is 11.1 Å². The highest BCUT2D eigenvalue weighted by molar-refractivity contribution is 9.10. The fourth-order valence-electron chi connectivity index (χ4n) is 2.00. The van der Waals surface area contributed by atoms with E-state index in [-0.39, 0.29) is 6.04 Å². The van der Waals surface area contributed by atoms with Gasteiger partial charge in [0.1, 0.15) is 0 Å². The second-order valence-corrected chi connectivity index (χ2v) is 5.88. The molecule has 1 atom stereocenters. The van der Waals surface area contributed by atoms with Crippen LogP contribution < -0.4 is 11.3 Å². The zero-order chi connectivity index (χ0) is 13.7. The Morgan fingerprint density at radius 2 is 1.42 bits per heavy atom. The van der Waals surface area contributed by atoms with E-state index in [1.54, 1.807) is 0 Å². The van der Waals surface area contributed by atoms with Gasteiger partial charge >= 0.3 is 0 Å². The van der Waals surface area contributed by atoms with Crippen molar-refractivity contribution in [1.82, 2.24) is 5.43 Å². The van der Waals surface area contributed by atoms with Crippen molar-refractivity contribution in [2.45, 2.75) is 18.9 Å². The van der Waals surface area contributed by atoms with Crippen molar-refractivity contribution in [2.24, 2.45) is 5.84 Å². The van der Waals surface area contributed by atoms with Crippen molar-refractivity contribution >= 4 is 27.5 Å². The van der Waals surface area contributed by atoms with Gasteiger partial charge in [0.15, 0.2) is 0 Å². The number of hydrogen-bond acceptors (Lipinski definition) is 2. The smallest absolute Gasteiger partial charge is 0.0406 e. The SMILES string of the molecule is NNC(Cc1ccc(Cl)cc1)Cc1ccc(Br)cc1. The molecule has 0 aliphatic rings. The molecular formula is C15H16BrClN2. The minimum Gasteiger partial charge on any atom is -0.271 e. The lowest BCUT2D eigenvalue weighted by atomic mass is 9.99. The number of hydrazine groups is 1. The molecule has 0 heterocycles. The maximum atomic E-state index is 5.88. The monoisotopic (exact) mass is 338 g/mol. The van der Waals surface area contributed by atoms with Crippen LogP contribution in [0.3, 0.4) is 0 Å². The molecule has 2 nitrogen and oxygen atoms in total. The quantitative estimate of drug-likeness (QED) is 0.643. The fourth-order valence-corrected chi connectivity index (χ4v) is 2.39. The first-order valence-electron chi connectivity index (χ1n) is 6.12. The van der Waals surface area contributed by atoms with Gasteiger partial charge in [-0.3, -0.25) is 11.3 Å². The fraction of sp³-hybridized carbons (Fsp3) is 0.200. The lowest BCUT2D eigenvalue weighted by Crippen LogP contribution is -2.38. The third-order valence-corrected chi connectivity index (χ3v) is 3.81. The molecule has 0 aromatic heterocycles. The van der Waals surface area contributed by atoms with Crippen molar-refractivity contribution in [1.29, 1.82) is 0 Å². The topological polar surface area (TPSA) is 38.0 Å². The number of nitrogens with two attached hydrogens (primary N) is 1.